The molecule has 0 unspecified atom stereocenters. The third-order valence-corrected chi connectivity index (χ3v) is 3.28. The van der Waals surface area contributed by atoms with Crippen LogP contribution >= 0.6 is 23.2 Å². The number of carbonyl (C=O) groups is 1. The van der Waals surface area contributed by atoms with Crippen LogP contribution in [0.3, 0.4) is 0 Å². The van der Waals surface area contributed by atoms with E-state index in [2.05, 4.69) is 15.5 Å². The minimum absolute atomic E-state index is 0.134. The lowest BCUT2D eigenvalue weighted by Crippen LogP contribution is -2.12. The van der Waals surface area contributed by atoms with Crippen molar-refractivity contribution in [2.75, 3.05) is 5.32 Å². The van der Waals surface area contributed by atoms with E-state index in [0.717, 1.165) is 0 Å². The topological polar surface area (TPSA) is 68.0 Å². The summed E-state index contributed by atoms with van der Waals surface area (Å²) in [6.07, 6.45) is 0. The van der Waals surface area contributed by atoms with Crippen molar-refractivity contribution in [3.05, 3.63) is 64.5 Å². The molecule has 0 saturated carbocycles. The number of halogens is 2. The van der Waals surface area contributed by atoms with E-state index in [1.807, 2.05) is 0 Å². The van der Waals surface area contributed by atoms with Crippen molar-refractivity contribution in [2.45, 2.75) is 0 Å². The molecule has 0 fully saturated rings. The summed E-state index contributed by atoms with van der Waals surface area (Å²) in [4.78, 5) is 12.0. The third kappa shape index (κ3) is 3.27. The van der Waals surface area contributed by atoms with Gasteiger partial charge in [0.05, 0.1) is 0 Å². The molecule has 0 radical (unpaired) electrons. The SMILES string of the molecule is O=C(Nc1ccc(Cl)cc1)c1nnc(-c2cccc(Cl)c2)o1. The summed E-state index contributed by atoms with van der Waals surface area (Å²) in [5.41, 5.74) is 1.22. The van der Waals surface area contributed by atoms with Crippen LogP contribution in [-0.4, -0.2) is 16.1 Å². The van der Waals surface area contributed by atoms with Crippen molar-refractivity contribution in [2.24, 2.45) is 0 Å². The van der Waals surface area contributed by atoms with Crippen LogP contribution in [0.15, 0.2) is 52.9 Å². The van der Waals surface area contributed by atoms with Crippen molar-refractivity contribution < 1.29 is 9.21 Å². The van der Waals surface area contributed by atoms with Gasteiger partial charge in [-0.3, -0.25) is 4.79 Å². The second-order valence-corrected chi connectivity index (χ2v) is 5.26. The zero-order valence-electron chi connectivity index (χ0n) is 11.1. The maximum Gasteiger partial charge on any atom is 0.313 e. The van der Waals surface area contributed by atoms with E-state index in [1.165, 1.54) is 0 Å². The minimum Gasteiger partial charge on any atom is -0.412 e. The van der Waals surface area contributed by atoms with Gasteiger partial charge in [0.1, 0.15) is 0 Å². The molecule has 0 bridgehead atoms. The molecule has 0 aliphatic rings. The maximum absolute atomic E-state index is 12.0. The van der Waals surface area contributed by atoms with Gasteiger partial charge in [0, 0.05) is 21.3 Å². The second kappa shape index (κ2) is 6.17. The number of rotatable bonds is 3. The molecule has 22 heavy (non-hydrogen) atoms. The Morgan fingerprint density at radius 2 is 1.77 bits per heavy atom. The first-order valence-electron chi connectivity index (χ1n) is 6.28. The highest BCUT2D eigenvalue weighted by Crippen LogP contribution is 2.22. The normalized spacial score (nSPS) is 10.5. The minimum atomic E-state index is -0.497. The van der Waals surface area contributed by atoms with E-state index < -0.39 is 5.91 Å². The Kier molecular flexibility index (Phi) is 4.09. The van der Waals surface area contributed by atoms with Crippen LogP contribution in [0, 0.1) is 0 Å². The van der Waals surface area contributed by atoms with Crippen LogP contribution in [0.1, 0.15) is 10.7 Å². The first-order chi connectivity index (χ1) is 10.6. The second-order valence-electron chi connectivity index (χ2n) is 4.38. The smallest absolute Gasteiger partial charge is 0.313 e. The largest absolute Gasteiger partial charge is 0.412 e. The summed E-state index contributed by atoms with van der Waals surface area (Å²) < 4.78 is 5.36. The van der Waals surface area contributed by atoms with Gasteiger partial charge in [0.2, 0.25) is 5.89 Å². The summed E-state index contributed by atoms with van der Waals surface area (Å²) in [6.45, 7) is 0. The molecule has 0 aliphatic carbocycles. The first-order valence-corrected chi connectivity index (χ1v) is 7.04. The molecule has 1 heterocycles. The Labute approximate surface area is 135 Å². The molecule has 0 spiro atoms. The molecule has 0 saturated heterocycles. The van der Waals surface area contributed by atoms with E-state index in [1.54, 1.807) is 48.5 Å². The van der Waals surface area contributed by atoms with Gasteiger partial charge in [-0.15, -0.1) is 10.2 Å². The number of nitrogens with one attached hydrogen (secondary N) is 1. The van der Waals surface area contributed by atoms with Crippen molar-refractivity contribution in [1.29, 1.82) is 0 Å². The summed E-state index contributed by atoms with van der Waals surface area (Å²) in [6, 6.07) is 13.6. The molecule has 7 heteroatoms. The first kappa shape index (κ1) is 14.6. The zero-order valence-corrected chi connectivity index (χ0v) is 12.6. The van der Waals surface area contributed by atoms with Crippen LogP contribution in [0.5, 0.6) is 0 Å². The molecule has 110 valence electrons. The quantitative estimate of drug-likeness (QED) is 0.776. The van der Waals surface area contributed by atoms with Crippen LogP contribution in [0.2, 0.25) is 10.0 Å². The zero-order chi connectivity index (χ0) is 15.5. The molecule has 3 rings (SSSR count). The highest BCUT2D eigenvalue weighted by Gasteiger charge is 2.16. The number of aromatic nitrogens is 2. The van der Waals surface area contributed by atoms with E-state index >= 15 is 0 Å². The lowest BCUT2D eigenvalue weighted by atomic mass is 10.2. The predicted octanol–water partition coefficient (Wildman–Crippen LogP) is 4.30. The van der Waals surface area contributed by atoms with E-state index in [9.17, 15) is 4.79 Å². The molecule has 0 atom stereocenters. The van der Waals surface area contributed by atoms with Gasteiger partial charge < -0.3 is 9.73 Å². The monoisotopic (exact) mass is 333 g/mol. The number of hydrogen-bond acceptors (Lipinski definition) is 4. The van der Waals surface area contributed by atoms with Crippen molar-refractivity contribution in [3.63, 3.8) is 0 Å². The van der Waals surface area contributed by atoms with Gasteiger partial charge in [0.15, 0.2) is 0 Å². The average Bonchev–Trinajstić information content (AvgIpc) is 3.00. The Bertz CT molecular complexity index is 816. The van der Waals surface area contributed by atoms with Crippen molar-refractivity contribution >= 4 is 34.8 Å². The lowest BCUT2D eigenvalue weighted by molar-refractivity contribution is 0.0991. The average molecular weight is 334 g/mol. The van der Waals surface area contributed by atoms with Gasteiger partial charge in [-0.1, -0.05) is 29.3 Å². The molecule has 0 aliphatic heterocycles. The van der Waals surface area contributed by atoms with Crippen LogP contribution in [0.4, 0.5) is 5.69 Å². The highest BCUT2D eigenvalue weighted by atomic mass is 35.5. The number of benzene rings is 2. The standard InChI is InChI=1S/C15H9Cl2N3O2/c16-10-4-6-12(7-5-10)18-13(21)15-20-19-14(22-15)9-2-1-3-11(17)8-9/h1-8H,(H,18,21). The summed E-state index contributed by atoms with van der Waals surface area (Å²) in [5, 5.41) is 11.4. The fourth-order valence-corrected chi connectivity index (χ4v) is 2.09. The fourth-order valence-electron chi connectivity index (χ4n) is 1.77. The van der Waals surface area contributed by atoms with E-state index in [4.69, 9.17) is 27.6 Å². The van der Waals surface area contributed by atoms with Crippen LogP contribution in [0.25, 0.3) is 11.5 Å². The summed E-state index contributed by atoms with van der Waals surface area (Å²) in [7, 11) is 0. The van der Waals surface area contributed by atoms with E-state index in [0.29, 0.717) is 21.3 Å². The van der Waals surface area contributed by atoms with Crippen molar-refractivity contribution in [3.8, 4) is 11.5 Å². The Balaban J connectivity index is 1.78. The van der Waals surface area contributed by atoms with Crippen LogP contribution < -0.4 is 5.32 Å². The summed E-state index contributed by atoms with van der Waals surface area (Å²) in [5.74, 6) is -0.406. The molecule has 1 aromatic heterocycles. The van der Waals surface area contributed by atoms with Crippen molar-refractivity contribution in [1.82, 2.24) is 10.2 Å². The molecule has 3 aromatic rings. The highest BCUT2D eigenvalue weighted by molar-refractivity contribution is 6.31. The summed E-state index contributed by atoms with van der Waals surface area (Å²) >= 11 is 11.7. The van der Waals surface area contributed by atoms with Gasteiger partial charge in [0.25, 0.3) is 0 Å². The molecular formula is C15H9Cl2N3O2. The number of carbonyl (C=O) groups excluding carboxylic acids is 1. The molecule has 5 nitrogen and oxygen atoms in total. The molecule has 1 N–H and O–H groups in total. The molecule has 1 amide bonds. The Morgan fingerprint density at radius 1 is 1.00 bits per heavy atom. The predicted molar refractivity (Wildman–Crippen MR) is 84.1 cm³/mol. The number of anilines is 1. The van der Waals surface area contributed by atoms with Gasteiger partial charge in [-0.25, -0.2) is 0 Å². The molecule has 2 aromatic carbocycles. The van der Waals surface area contributed by atoms with Gasteiger partial charge in [-0.2, -0.15) is 0 Å². The maximum atomic E-state index is 12.0. The van der Waals surface area contributed by atoms with Gasteiger partial charge in [-0.05, 0) is 42.5 Å². The fraction of sp³-hybridized carbons (Fsp3) is 0. The number of amides is 1. The number of hydrogen-bond donors (Lipinski definition) is 1. The Hall–Kier alpha value is -2.37. The van der Waals surface area contributed by atoms with Gasteiger partial charge >= 0.3 is 11.8 Å². The molecular weight excluding hydrogens is 325 g/mol. The number of nitrogens with zero attached hydrogens (tertiary/aromatic N) is 2. The van der Waals surface area contributed by atoms with Crippen LogP contribution in [-0.2, 0) is 0 Å². The lowest BCUT2D eigenvalue weighted by Gasteiger charge is -2.01. The van der Waals surface area contributed by atoms with E-state index in [-0.39, 0.29) is 11.8 Å². The third-order valence-electron chi connectivity index (χ3n) is 2.79. The Morgan fingerprint density at radius 3 is 2.50 bits per heavy atom.